The molecule has 2 aromatic rings. The minimum absolute atomic E-state index is 0.119. The van der Waals surface area contributed by atoms with E-state index in [9.17, 15) is 9.90 Å². The van der Waals surface area contributed by atoms with E-state index in [-0.39, 0.29) is 12.2 Å². The number of aliphatic hydroxyl groups excluding tert-OH is 1. The average Bonchev–Trinajstić information content (AvgIpc) is 2.66. The summed E-state index contributed by atoms with van der Waals surface area (Å²) in [6.45, 7) is 2.01. The number of hydrogen-bond acceptors (Lipinski definition) is 4. The molecule has 96 valence electrons. The summed E-state index contributed by atoms with van der Waals surface area (Å²) in [7, 11) is 1.73. The van der Waals surface area contributed by atoms with Crippen molar-refractivity contribution in [2.75, 3.05) is 6.61 Å². The SMILES string of the molecule is CCOc1cc(C(=O)O)cc2c(CO)nn(C)c12. The van der Waals surface area contributed by atoms with Crippen molar-refractivity contribution < 1.29 is 19.7 Å². The average molecular weight is 250 g/mol. The van der Waals surface area contributed by atoms with Crippen LogP contribution >= 0.6 is 0 Å². The van der Waals surface area contributed by atoms with Crippen LogP contribution in [0.5, 0.6) is 5.75 Å². The lowest BCUT2D eigenvalue weighted by atomic mass is 10.1. The van der Waals surface area contributed by atoms with Gasteiger partial charge in [0.25, 0.3) is 0 Å². The van der Waals surface area contributed by atoms with Gasteiger partial charge in [-0.15, -0.1) is 0 Å². The summed E-state index contributed by atoms with van der Waals surface area (Å²) >= 11 is 0. The van der Waals surface area contributed by atoms with Gasteiger partial charge in [0, 0.05) is 12.4 Å². The third-order valence-electron chi connectivity index (χ3n) is 2.68. The number of carbonyl (C=O) groups is 1. The molecule has 2 N–H and O–H groups in total. The summed E-state index contributed by atoms with van der Waals surface area (Å²) in [5.41, 5.74) is 1.25. The minimum atomic E-state index is -1.04. The first-order valence-corrected chi connectivity index (χ1v) is 5.55. The van der Waals surface area contributed by atoms with E-state index in [4.69, 9.17) is 9.84 Å². The zero-order valence-electron chi connectivity index (χ0n) is 10.2. The Labute approximate surface area is 103 Å². The molecule has 0 atom stereocenters. The van der Waals surface area contributed by atoms with Crippen molar-refractivity contribution in [2.24, 2.45) is 7.05 Å². The number of hydrogen-bond donors (Lipinski definition) is 2. The molecule has 0 aliphatic heterocycles. The zero-order chi connectivity index (χ0) is 13.3. The number of ether oxygens (including phenoxy) is 1. The Morgan fingerprint density at radius 2 is 2.22 bits per heavy atom. The van der Waals surface area contributed by atoms with Crippen molar-refractivity contribution in [1.82, 2.24) is 9.78 Å². The minimum Gasteiger partial charge on any atom is -0.492 e. The molecule has 18 heavy (non-hydrogen) atoms. The molecule has 0 fully saturated rings. The Balaban J connectivity index is 2.78. The van der Waals surface area contributed by atoms with Gasteiger partial charge in [-0.05, 0) is 19.1 Å². The van der Waals surface area contributed by atoms with E-state index in [0.717, 1.165) is 0 Å². The van der Waals surface area contributed by atoms with Crippen LogP contribution in [0.15, 0.2) is 12.1 Å². The molecule has 2 rings (SSSR count). The number of benzene rings is 1. The molecule has 0 amide bonds. The second-order valence-electron chi connectivity index (χ2n) is 3.84. The van der Waals surface area contributed by atoms with Crippen LogP contribution in [0.1, 0.15) is 23.0 Å². The molecule has 0 saturated carbocycles. The summed E-state index contributed by atoms with van der Waals surface area (Å²) in [5, 5.41) is 23.0. The summed E-state index contributed by atoms with van der Waals surface area (Å²) in [5.74, 6) is -0.576. The zero-order valence-corrected chi connectivity index (χ0v) is 10.2. The monoisotopic (exact) mass is 250 g/mol. The van der Waals surface area contributed by atoms with Gasteiger partial charge in [-0.25, -0.2) is 4.79 Å². The van der Waals surface area contributed by atoms with Crippen LogP contribution in [0.3, 0.4) is 0 Å². The first-order valence-electron chi connectivity index (χ1n) is 5.55. The molecule has 6 nitrogen and oxygen atoms in total. The van der Waals surface area contributed by atoms with Crippen molar-refractivity contribution in [3.8, 4) is 5.75 Å². The van der Waals surface area contributed by atoms with E-state index >= 15 is 0 Å². The lowest BCUT2D eigenvalue weighted by Gasteiger charge is -2.07. The van der Waals surface area contributed by atoms with Crippen LogP contribution in [-0.2, 0) is 13.7 Å². The Morgan fingerprint density at radius 1 is 1.50 bits per heavy atom. The maximum Gasteiger partial charge on any atom is 0.335 e. The maximum atomic E-state index is 11.1. The molecular weight excluding hydrogens is 236 g/mol. The Kier molecular flexibility index (Phi) is 3.20. The summed E-state index contributed by atoms with van der Waals surface area (Å²) in [6, 6.07) is 2.97. The van der Waals surface area contributed by atoms with Gasteiger partial charge in [0.2, 0.25) is 0 Å². The molecule has 1 aromatic heterocycles. The van der Waals surface area contributed by atoms with Crippen molar-refractivity contribution in [3.05, 3.63) is 23.4 Å². The normalized spacial score (nSPS) is 10.8. The van der Waals surface area contributed by atoms with Crippen molar-refractivity contribution in [1.29, 1.82) is 0 Å². The Hall–Kier alpha value is -2.08. The standard InChI is InChI=1S/C12H14N2O4/c1-3-18-10-5-7(12(16)17)4-8-9(6-15)13-14(2)11(8)10/h4-5,15H,3,6H2,1-2H3,(H,16,17). The van der Waals surface area contributed by atoms with E-state index < -0.39 is 5.97 Å². The van der Waals surface area contributed by atoms with E-state index in [1.807, 2.05) is 6.92 Å². The third kappa shape index (κ3) is 1.91. The number of aliphatic hydroxyl groups is 1. The number of fused-ring (bicyclic) bond motifs is 1. The maximum absolute atomic E-state index is 11.1. The highest BCUT2D eigenvalue weighted by Gasteiger charge is 2.16. The van der Waals surface area contributed by atoms with Crippen molar-refractivity contribution >= 4 is 16.9 Å². The summed E-state index contributed by atoms with van der Waals surface area (Å²) in [6.07, 6.45) is 0. The van der Waals surface area contributed by atoms with Gasteiger partial charge in [0.1, 0.15) is 11.3 Å². The van der Waals surface area contributed by atoms with Crippen molar-refractivity contribution in [2.45, 2.75) is 13.5 Å². The number of aromatic nitrogens is 2. The van der Waals surface area contributed by atoms with E-state index in [1.54, 1.807) is 11.7 Å². The lowest BCUT2D eigenvalue weighted by Crippen LogP contribution is -2.01. The molecule has 6 heteroatoms. The largest absolute Gasteiger partial charge is 0.492 e. The van der Waals surface area contributed by atoms with E-state index in [1.165, 1.54) is 12.1 Å². The summed E-state index contributed by atoms with van der Waals surface area (Å²) in [4.78, 5) is 11.1. The highest BCUT2D eigenvalue weighted by molar-refractivity contribution is 5.97. The Morgan fingerprint density at radius 3 is 2.78 bits per heavy atom. The fourth-order valence-corrected chi connectivity index (χ4v) is 1.95. The molecule has 1 aromatic carbocycles. The van der Waals surface area contributed by atoms with Gasteiger partial charge < -0.3 is 14.9 Å². The second-order valence-corrected chi connectivity index (χ2v) is 3.84. The molecule has 0 unspecified atom stereocenters. The van der Waals surface area contributed by atoms with Gasteiger partial charge in [-0.3, -0.25) is 4.68 Å². The predicted octanol–water partition coefficient (Wildman–Crippen LogP) is 1.16. The molecule has 0 spiro atoms. The highest BCUT2D eigenvalue weighted by atomic mass is 16.5. The van der Waals surface area contributed by atoms with Gasteiger partial charge in [0.15, 0.2) is 0 Å². The third-order valence-corrected chi connectivity index (χ3v) is 2.68. The molecule has 0 aliphatic carbocycles. The fraction of sp³-hybridized carbons (Fsp3) is 0.333. The Bertz CT molecular complexity index is 604. The number of aromatic carboxylic acids is 1. The molecular formula is C12H14N2O4. The van der Waals surface area contributed by atoms with Crippen LogP contribution in [0.25, 0.3) is 10.9 Å². The molecule has 0 bridgehead atoms. The lowest BCUT2D eigenvalue weighted by molar-refractivity contribution is 0.0696. The molecule has 0 saturated heterocycles. The quantitative estimate of drug-likeness (QED) is 0.850. The number of carboxylic acid groups (broad SMARTS) is 1. The number of rotatable bonds is 4. The van der Waals surface area contributed by atoms with E-state index in [0.29, 0.717) is 29.0 Å². The number of carboxylic acids is 1. The van der Waals surface area contributed by atoms with Gasteiger partial charge >= 0.3 is 5.97 Å². The first kappa shape index (κ1) is 12.4. The van der Waals surface area contributed by atoms with Crippen LogP contribution in [0, 0.1) is 0 Å². The molecule has 0 aliphatic rings. The van der Waals surface area contributed by atoms with Gasteiger partial charge in [-0.2, -0.15) is 5.10 Å². The number of aryl methyl sites for hydroxylation is 1. The van der Waals surface area contributed by atoms with Crippen LogP contribution in [-0.4, -0.2) is 32.6 Å². The van der Waals surface area contributed by atoms with E-state index in [2.05, 4.69) is 5.10 Å². The fourth-order valence-electron chi connectivity index (χ4n) is 1.95. The smallest absolute Gasteiger partial charge is 0.335 e. The highest BCUT2D eigenvalue weighted by Crippen LogP contribution is 2.29. The van der Waals surface area contributed by atoms with Crippen LogP contribution < -0.4 is 4.74 Å². The molecule has 0 radical (unpaired) electrons. The van der Waals surface area contributed by atoms with Crippen molar-refractivity contribution in [3.63, 3.8) is 0 Å². The predicted molar refractivity (Wildman–Crippen MR) is 64.8 cm³/mol. The van der Waals surface area contributed by atoms with Crippen LogP contribution in [0.2, 0.25) is 0 Å². The summed E-state index contributed by atoms with van der Waals surface area (Å²) < 4.78 is 7.02. The topological polar surface area (TPSA) is 84.6 Å². The second kappa shape index (κ2) is 4.66. The van der Waals surface area contributed by atoms with Crippen LogP contribution in [0.4, 0.5) is 0 Å². The van der Waals surface area contributed by atoms with Gasteiger partial charge in [0.05, 0.1) is 24.5 Å². The number of nitrogens with zero attached hydrogens (tertiary/aromatic N) is 2. The van der Waals surface area contributed by atoms with Gasteiger partial charge in [-0.1, -0.05) is 0 Å². The molecule has 1 heterocycles. The first-order chi connectivity index (χ1) is 8.58.